The number of nitrogens with zero attached hydrogens (tertiary/aromatic N) is 1. The first-order chi connectivity index (χ1) is 12.7. The monoisotopic (exact) mass is 378 g/mol. The zero-order valence-corrected chi connectivity index (χ0v) is 16.8. The maximum Gasteiger partial charge on any atom is 0.410 e. The highest BCUT2D eigenvalue weighted by atomic mass is 19.1. The number of nitrogens with one attached hydrogen (secondary N) is 1. The summed E-state index contributed by atoms with van der Waals surface area (Å²) >= 11 is 0. The molecule has 1 saturated heterocycles. The topological polar surface area (TPSA) is 58.6 Å². The van der Waals surface area contributed by atoms with Gasteiger partial charge in [-0.2, -0.15) is 0 Å². The molecule has 0 radical (unpaired) electrons. The number of halogens is 1. The Bertz CT molecular complexity index is 662. The Hall–Kier alpha value is -2.11. The van der Waals surface area contributed by atoms with Crippen molar-refractivity contribution in [1.82, 2.24) is 4.90 Å². The highest BCUT2D eigenvalue weighted by Gasteiger charge is 2.26. The van der Waals surface area contributed by atoms with Gasteiger partial charge in [0.15, 0.2) is 5.78 Å². The number of hydrogen-bond donors (Lipinski definition) is 1. The molecule has 2 rings (SSSR count). The molecule has 0 aliphatic carbocycles. The van der Waals surface area contributed by atoms with Crippen LogP contribution in [0.3, 0.4) is 0 Å². The van der Waals surface area contributed by atoms with Crippen LogP contribution in [0.5, 0.6) is 0 Å². The number of amides is 1. The number of likely N-dealkylation sites (tertiary alicyclic amines) is 1. The molecule has 27 heavy (non-hydrogen) atoms. The van der Waals surface area contributed by atoms with Crippen LogP contribution in [0.25, 0.3) is 0 Å². The SMILES string of the molecule is CC(=O)c1ccc(NCCCC2CCN(C(=O)OC(C)(C)C)CC2)cc1F. The normalized spacial score (nSPS) is 15.5. The molecule has 6 heteroatoms. The molecule has 1 aliphatic rings. The molecule has 1 aromatic rings. The van der Waals surface area contributed by atoms with Crippen LogP contribution < -0.4 is 5.32 Å². The molecule has 1 aliphatic heterocycles. The van der Waals surface area contributed by atoms with Gasteiger partial charge in [0.1, 0.15) is 11.4 Å². The number of piperidine rings is 1. The second kappa shape index (κ2) is 9.20. The maximum absolute atomic E-state index is 13.8. The third kappa shape index (κ3) is 6.85. The fraction of sp³-hybridized carbons (Fsp3) is 0.619. The van der Waals surface area contributed by atoms with Gasteiger partial charge in [-0.3, -0.25) is 4.79 Å². The van der Waals surface area contributed by atoms with Crippen molar-refractivity contribution < 1.29 is 18.7 Å². The van der Waals surface area contributed by atoms with Crippen molar-refractivity contribution >= 4 is 17.6 Å². The highest BCUT2D eigenvalue weighted by molar-refractivity contribution is 5.94. The summed E-state index contributed by atoms with van der Waals surface area (Å²) in [5.41, 5.74) is 0.358. The largest absolute Gasteiger partial charge is 0.444 e. The van der Waals surface area contributed by atoms with E-state index in [1.165, 1.54) is 19.1 Å². The Morgan fingerprint density at radius 1 is 1.26 bits per heavy atom. The lowest BCUT2D eigenvalue weighted by atomic mass is 9.92. The van der Waals surface area contributed by atoms with Crippen molar-refractivity contribution in [3.63, 3.8) is 0 Å². The first-order valence-electron chi connectivity index (χ1n) is 9.68. The fourth-order valence-corrected chi connectivity index (χ4v) is 3.26. The predicted octanol–water partition coefficient (Wildman–Crippen LogP) is 4.87. The summed E-state index contributed by atoms with van der Waals surface area (Å²) in [6, 6.07) is 4.63. The van der Waals surface area contributed by atoms with E-state index in [-0.39, 0.29) is 17.4 Å². The standard InChI is InChI=1S/C21H31FN2O3/c1-15(25)18-8-7-17(14-19(18)22)23-11-5-6-16-9-12-24(13-10-16)20(26)27-21(2,3)4/h7-8,14,16,23H,5-6,9-13H2,1-4H3. The zero-order chi connectivity index (χ0) is 20.0. The van der Waals surface area contributed by atoms with Gasteiger partial charge in [-0.05, 0) is 77.5 Å². The number of Topliss-reactive ketones (excluding diaryl/α,β-unsaturated/α-hetero) is 1. The molecule has 1 heterocycles. The molecule has 0 spiro atoms. The molecule has 0 aromatic heterocycles. The molecule has 0 saturated carbocycles. The third-order valence-electron chi connectivity index (χ3n) is 4.73. The van der Waals surface area contributed by atoms with Crippen LogP contribution in [0.4, 0.5) is 14.9 Å². The fourth-order valence-electron chi connectivity index (χ4n) is 3.26. The van der Waals surface area contributed by atoms with Crippen molar-refractivity contribution in [1.29, 1.82) is 0 Å². The maximum atomic E-state index is 13.8. The van der Waals surface area contributed by atoms with Crippen LogP contribution in [0.15, 0.2) is 18.2 Å². The van der Waals surface area contributed by atoms with E-state index in [9.17, 15) is 14.0 Å². The Labute approximate surface area is 161 Å². The Balaban J connectivity index is 1.67. The molecular formula is C21H31FN2O3. The lowest BCUT2D eigenvalue weighted by Crippen LogP contribution is -2.41. The first kappa shape index (κ1) is 21.2. The van der Waals surface area contributed by atoms with E-state index < -0.39 is 11.4 Å². The van der Waals surface area contributed by atoms with E-state index >= 15 is 0 Å². The number of rotatable bonds is 6. The van der Waals surface area contributed by atoms with E-state index in [4.69, 9.17) is 4.74 Å². The summed E-state index contributed by atoms with van der Waals surface area (Å²) in [4.78, 5) is 25.1. The molecule has 5 nitrogen and oxygen atoms in total. The molecule has 0 unspecified atom stereocenters. The molecule has 1 N–H and O–H groups in total. The van der Waals surface area contributed by atoms with Crippen molar-refractivity contribution in [3.05, 3.63) is 29.6 Å². The zero-order valence-electron chi connectivity index (χ0n) is 16.8. The van der Waals surface area contributed by atoms with Gasteiger partial charge in [0.05, 0.1) is 5.56 Å². The van der Waals surface area contributed by atoms with Gasteiger partial charge in [0.2, 0.25) is 0 Å². The molecule has 1 aromatic carbocycles. The first-order valence-corrected chi connectivity index (χ1v) is 9.68. The highest BCUT2D eigenvalue weighted by Crippen LogP contribution is 2.23. The quantitative estimate of drug-likeness (QED) is 0.567. The van der Waals surface area contributed by atoms with Crippen LogP contribution >= 0.6 is 0 Å². The Morgan fingerprint density at radius 2 is 1.93 bits per heavy atom. The Kier molecular flexibility index (Phi) is 7.22. The molecule has 1 fully saturated rings. The molecule has 0 atom stereocenters. The number of ether oxygens (including phenoxy) is 1. The molecule has 1 amide bonds. The number of anilines is 1. The summed E-state index contributed by atoms with van der Waals surface area (Å²) in [5, 5.41) is 3.21. The van der Waals surface area contributed by atoms with Crippen LogP contribution in [-0.2, 0) is 4.74 Å². The van der Waals surface area contributed by atoms with Gasteiger partial charge in [-0.15, -0.1) is 0 Å². The average Bonchev–Trinajstić information content (AvgIpc) is 2.57. The second-order valence-electron chi connectivity index (χ2n) is 8.23. The number of benzene rings is 1. The van der Waals surface area contributed by atoms with Crippen molar-refractivity contribution in [2.45, 2.75) is 59.0 Å². The summed E-state index contributed by atoms with van der Waals surface area (Å²) in [7, 11) is 0. The minimum absolute atomic E-state index is 0.122. The number of ketones is 1. The van der Waals surface area contributed by atoms with Gasteiger partial charge in [0.25, 0.3) is 0 Å². The van der Waals surface area contributed by atoms with E-state index in [1.54, 1.807) is 11.0 Å². The number of carbonyl (C=O) groups is 2. The third-order valence-corrected chi connectivity index (χ3v) is 4.73. The van der Waals surface area contributed by atoms with Gasteiger partial charge in [0, 0.05) is 25.3 Å². The van der Waals surface area contributed by atoms with Crippen LogP contribution in [0.2, 0.25) is 0 Å². The minimum Gasteiger partial charge on any atom is -0.444 e. The Morgan fingerprint density at radius 3 is 2.48 bits per heavy atom. The smallest absolute Gasteiger partial charge is 0.410 e. The minimum atomic E-state index is -0.484. The van der Waals surface area contributed by atoms with Crippen molar-refractivity contribution in [3.8, 4) is 0 Å². The van der Waals surface area contributed by atoms with Gasteiger partial charge in [-0.1, -0.05) is 0 Å². The lowest BCUT2D eigenvalue weighted by Gasteiger charge is -2.33. The second-order valence-corrected chi connectivity index (χ2v) is 8.23. The van der Waals surface area contributed by atoms with Crippen molar-refractivity contribution in [2.75, 3.05) is 25.0 Å². The molecule has 0 bridgehead atoms. The summed E-state index contributed by atoms with van der Waals surface area (Å²) in [5.74, 6) is -0.152. The van der Waals surface area contributed by atoms with Crippen LogP contribution in [0.1, 0.15) is 63.7 Å². The average molecular weight is 378 g/mol. The van der Waals surface area contributed by atoms with Gasteiger partial charge < -0.3 is 15.0 Å². The summed E-state index contributed by atoms with van der Waals surface area (Å²) in [6.45, 7) is 9.23. The number of carbonyl (C=O) groups excluding carboxylic acids is 2. The van der Waals surface area contributed by atoms with E-state index in [0.717, 1.165) is 45.3 Å². The summed E-state index contributed by atoms with van der Waals surface area (Å²) in [6.07, 6.45) is 3.80. The molecular weight excluding hydrogens is 347 g/mol. The number of hydrogen-bond acceptors (Lipinski definition) is 4. The van der Waals surface area contributed by atoms with Crippen LogP contribution in [0, 0.1) is 11.7 Å². The lowest BCUT2D eigenvalue weighted by molar-refractivity contribution is 0.0181. The molecule has 150 valence electrons. The summed E-state index contributed by atoms with van der Waals surface area (Å²) < 4.78 is 19.2. The van der Waals surface area contributed by atoms with E-state index in [2.05, 4.69) is 5.32 Å². The van der Waals surface area contributed by atoms with Crippen LogP contribution in [-0.4, -0.2) is 42.0 Å². The predicted molar refractivity (Wildman–Crippen MR) is 105 cm³/mol. The van der Waals surface area contributed by atoms with Gasteiger partial charge in [-0.25, -0.2) is 9.18 Å². The van der Waals surface area contributed by atoms with Crippen molar-refractivity contribution in [2.24, 2.45) is 5.92 Å². The van der Waals surface area contributed by atoms with E-state index in [0.29, 0.717) is 11.6 Å². The van der Waals surface area contributed by atoms with E-state index in [1.807, 2.05) is 20.8 Å². The van der Waals surface area contributed by atoms with Gasteiger partial charge >= 0.3 is 6.09 Å².